The minimum absolute atomic E-state index is 0.0250. The maximum atomic E-state index is 14.9. The highest BCUT2D eigenvalue weighted by Gasteiger charge is 2.36. The highest BCUT2D eigenvalue weighted by Crippen LogP contribution is 2.39. The number of nitrogens with one attached hydrogen (secondary N) is 2. The summed E-state index contributed by atoms with van der Waals surface area (Å²) in [5.41, 5.74) is 7.74. The lowest BCUT2D eigenvalue weighted by molar-refractivity contribution is 0.101. The minimum atomic E-state index is -3.97. The van der Waals surface area contributed by atoms with E-state index in [-0.39, 0.29) is 47.9 Å². The van der Waals surface area contributed by atoms with E-state index in [1.54, 1.807) is 19.1 Å². The quantitative estimate of drug-likeness (QED) is 0.242. The van der Waals surface area contributed by atoms with E-state index in [1.807, 2.05) is 0 Å². The molecule has 2 aromatic heterocycles. The highest BCUT2D eigenvalue weighted by atomic mass is 35.5. The van der Waals surface area contributed by atoms with Crippen LogP contribution in [-0.2, 0) is 26.3 Å². The van der Waals surface area contributed by atoms with Gasteiger partial charge in [-0.3, -0.25) is 18.4 Å². The van der Waals surface area contributed by atoms with Crippen molar-refractivity contribution in [1.29, 1.82) is 0 Å². The summed E-state index contributed by atoms with van der Waals surface area (Å²) < 4.78 is 58.2. The summed E-state index contributed by atoms with van der Waals surface area (Å²) in [4.78, 5) is 13.7. The molecule has 196 valence electrons. The summed E-state index contributed by atoms with van der Waals surface area (Å²) in [5, 5.41) is 8.06. The number of fused-ring (bicyclic) bond motifs is 2. The van der Waals surface area contributed by atoms with Gasteiger partial charge in [-0.15, -0.1) is 0 Å². The Labute approximate surface area is 217 Å². The molecule has 1 fully saturated rings. The molecule has 4 N–H and O–H groups in total. The lowest BCUT2D eigenvalue weighted by Crippen LogP contribution is -2.31. The van der Waals surface area contributed by atoms with Crippen molar-refractivity contribution in [2.45, 2.75) is 13.5 Å². The van der Waals surface area contributed by atoms with Crippen LogP contribution in [0.25, 0.3) is 21.8 Å². The number of halogens is 2. The Bertz CT molecular complexity index is 1830. The van der Waals surface area contributed by atoms with Gasteiger partial charge in [0.05, 0.1) is 22.5 Å². The van der Waals surface area contributed by atoms with E-state index in [2.05, 4.69) is 20.8 Å². The molecule has 0 spiro atoms. The molecule has 0 amide bonds. The zero-order valence-electron chi connectivity index (χ0n) is 20.0. The molecule has 1 atom stereocenters. The number of H-pyrrole nitrogens is 1. The van der Waals surface area contributed by atoms with Crippen molar-refractivity contribution in [2.75, 3.05) is 35.1 Å². The number of hydrogen-bond acceptors (Lipinski definition) is 6. The van der Waals surface area contributed by atoms with E-state index in [1.165, 1.54) is 23.0 Å². The second-order valence-corrected chi connectivity index (χ2v) is 14.0. The number of anilines is 2. The fourth-order valence-electron chi connectivity index (χ4n) is 4.61. The number of ketones is 1. The van der Waals surface area contributed by atoms with Crippen molar-refractivity contribution in [3.05, 3.63) is 51.9 Å². The third kappa shape index (κ3) is 4.45. The fraction of sp³-hybridized carbons (Fsp3) is 0.261. The lowest BCUT2D eigenvalue weighted by atomic mass is 10.1. The van der Waals surface area contributed by atoms with E-state index < -0.39 is 37.1 Å². The van der Waals surface area contributed by atoms with Gasteiger partial charge in [-0.1, -0.05) is 11.6 Å². The molecule has 1 aliphatic heterocycles. The Morgan fingerprint density at radius 3 is 2.68 bits per heavy atom. The number of nitrogens with two attached hydrogens (primary N) is 1. The van der Waals surface area contributed by atoms with Crippen LogP contribution in [0.15, 0.2) is 24.3 Å². The Hall–Kier alpha value is -3.13. The summed E-state index contributed by atoms with van der Waals surface area (Å²) in [6.07, 6.45) is 1.35. The second kappa shape index (κ2) is 8.72. The van der Waals surface area contributed by atoms with Crippen LogP contribution in [0, 0.1) is 12.7 Å². The van der Waals surface area contributed by atoms with Crippen LogP contribution in [0.4, 0.5) is 15.9 Å². The number of hydrogen-bond donors (Lipinski definition) is 3. The van der Waals surface area contributed by atoms with Crippen molar-refractivity contribution < 1.29 is 21.8 Å². The summed E-state index contributed by atoms with van der Waals surface area (Å²) in [6.45, 7) is 1.71. The molecule has 4 aromatic rings. The van der Waals surface area contributed by atoms with Gasteiger partial charge in [0.1, 0.15) is 11.5 Å². The number of Topliss-reactive ketones (excluding diaryl/α,β-unsaturated/α-hetero) is 1. The number of carbonyl (C=O) groups is 1. The van der Waals surface area contributed by atoms with Crippen molar-refractivity contribution >= 4 is 76.3 Å². The van der Waals surface area contributed by atoms with Crippen LogP contribution in [0.2, 0.25) is 5.02 Å². The normalized spacial score (nSPS) is 17.0. The van der Waals surface area contributed by atoms with E-state index in [9.17, 15) is 21.8 Å². The zero-order valence-corrected chi connectivity index (χ0v) is 22.4. The van der Waals surface area contributed by atoms with E-state index in [0.29, 0.717) is 26.9 Å². The second-order valence-electron chi connectivity index (χ2n) is 9.22. The van der Waals surface area contributed by atoms with Crippen LogP contribution < -0.4 is 14.8 Å². The number of carbonyl (C=O) groups excluding carboxylic acids is 1. The predicted molar refractivity (Wildman–Crippen MR) is 146 cm³/mol. The van der Waals surface area contributed by atoms with Crippen molar-refractivity contribution in [3.63, 3.8) is 0 Å². The van der Waals surface area contributed by atoms with Crippen LogP contribution in [0.3, 0.4) is 0 Å². The first-order valence-electron chi connectivity index (χ1n) is 11.1. The van der Waals surface area contributed by atoms with Crippen LogP contribution in [0.1, 0.15) is 21.6 Å². The third-order valence-corrected chi connectivity index (χ3v) is 8.98. The summed E-state index contributed by atoms with van der Waals surface area (Å²) in [5.74, 6) is 2.29. The SMILES string of the molecule is C=S(C)(=O)CC(=O)c1c(N2CCNS2(=O)=O)c2cc(C)c(F)cc2n1Cc1cc2c(N)n[nH]c2cc1Cl. The van der Waals surface area contributed by atoms with Crippen molar-refractivity contribution in [3.8, 4) is 0 Å². The summed E-state index contributed by atoms with van der Waals surface area (Å²) in [7, 11) is -6.76. The topological polar surface area (TPSA) is 143 Å². The summed E-state index contributed by atoms with van der Waals surface area (Å²) in [6, 6.07) is 6.11. The van der Waals surface area contributed by atoms with Gasteiger partial charge >= 0.3 is 10.2 Å². The fourth-order valence-corrected chi connectivity index (χ4v) is 6.78. The molecule has 2 aromatic carbocycles. The highest BCUT2D eigenvalue weighted by molar-refractivity contribution is 8.00. The lowest BCUT2D eigenvalue weighted by Gasteiger charge is -2.19. The van der Waals surface area contributed by atoms with E-state index in [0.717, 1.165) is 4.31 Å². The van der Waals surface area contributed by atoms with Gasteiger partial charge in [-0.05, 0) is 57.7 Å². The van der Waals surface area contributed by atoms with Gasteiger partial charge in [-0.2, -0.15) is 18.2 Å². The molecule has 5 rings (SSSR count). The maximum Gasteiger partial charge on any atom is 0.301 e. The molecule has 10 nitrogen and oxygen atoms in total. The molecule has 0 radical (unpaired) electrons. The molecule has 37 heavy (non-hydrogen) atoms. The van der Waals surface area contributed by atoms with Crippen LogP contribution >= 0.6 is 11.6 Å². The van der Waals surface area contributed by atoms with Gasteiger partial charge in [0.2, 0.25) is 0 Å². The van der Waals surface area contributed by atoms with E-state index in [4.69, 9.17) is 17.3 Å². The van der Waals surface area contributed by atoms with Gasteiger partial charge in [0.25, 0.3) is 0 Å². The first-order valence-corrected chi connectivity index (χ1v) is 15.2. The number of aromatic amines is 1. The largest absolute Gasteiger partial charge is 0.382 e. The van der Waals surface area contributed by atoms with Gasteiger partial charge in [-0.25, -0.2) is 4.39 Å². The number of benzene rings is 2. The first kappa shape index (κ1) is 25.5. The molecule has 1 saturated heterocycles. The third-order valence-electron chi connectivity index (χ3n) is 6.24. The minimum Gasteiger partial charge on any atom is -0.382 e. The number of aromatic nitrogens is 3. The van der Waals surface area contributed by atoms with E-state index >= 15 is 0 Å². The van der Waals surface area contributed by atoms with Crippen molar-refractivity contribution in [2.24, 2.45) is 0 Å². The Morgan fingerprint density at radius 1 is 1.30 bits per heavy atom. The molecule has 3 heterocycles. The molecule has 14 heteroatoms. The Balaban J connectivity index is 1.84. The summed E-state index contributed by atoms with van der Waals surface area (Å²) >= 11 is 6.55. The first-order chi connectivity index (χ1) is 17.3. The number of nitrogen functional groups attached to an aromatic ring is 1. The molecule has 0 saturated carbocycles. The Morgan fingerprint density at radius 2 is 2.03 bits per heavy atom. The van der Waals surface area contributed by atoms with Gasteiger partial charge < -0.3 is 10.3 Å². The standard InChI is InChI=1S/C23H24ClFN6O4S2/c1-12-6-15-19(9-17(12)25)30(10-13-7-14-18(8-16(13)24)28-29-23(14)26)22(20(32)11-36(2,3)33)21(15)31-5-4-27-37(31,34)35/h6-9,27H,2,4-5,10-11H2,1,3H3,(H3,26,28,29). The number of nitrogens with zero attached hydrogens (tertiary/aromatic N) is 3. The molecule has 1 unspecified atom stereocenters. The average Bonchev–Trinajstić information content (AvgIpc) is 3.41. The van der Waals surface area contributed by atoms with Gasteiger partial charge in [0.15, 0.2) is 11.6 Å². The Kier molecular flexibility index (Phi) is 6.01. The molecular weight excluding hydrogens is 543 g/mol. The molecular formula is C23H24ClFN6O4S2. The number of rotatable bonds is 6. The zero-order chi connectivity index (χ0) is 26.9. The smallest absolute Gasteiger partial charge is 0.301 e. The maximum absolute atomic E-state index is 14.9. The monoisotopic (exact) mass is 566 g/mol. The molecule has 1 aliphatic rings. The van der Waals surface area contributed by atoms with Crippen molar-refractivity contribution in [1.82, 2.24) is 19.5 Å². The van der Waals surface area contributed by atoms with Gasteiger partial charge in [0, 0.05) is 41.7 Å². The average molecular weight is 567 g/mol. The predicted octanol–water partition coefficient (Wildman–Crippen LogP) is 2.43. The molecule has 0 aliphatic carbocycles. The van der Waals surface area contributed by atoms with Crippen LogP contribution in [-0.4, -0.2) is 64.1 Å². The molecule has 0 bridgehead atoms. The van der Waals surface area contributed by atoms with Crippen LogP contribution in [0.5, 0.6) is 0 Å². The number of aryl methyl sites for hydroxylation is 1.